The van der Waals surface area contributed by atoms with Gasteiger partial charge in [-0.25, -0.2) is 0 Å². The summed E-state index contributed by atoms with van der Waals surface area (Å²) in [6.07, 6.45) is 8.60. The summed E-state index contributed by atoms with van der Waals surface area (Å²) in [5.74, 6) is 0.889. The van der Waals surface area contributed by atoms with Gasteiger partial charge in [0.2, 0.25) is 0 Å². The lowest BCUT2D eigenvalue weighted by Crippen LogP contribution is -2.33. The number of nitrogens with one attached hydrogen (secondary N) is 1. The van der Waals surface area contributed by atoms with E-state index in [9.17, 15) is 0 Å². The van der Waals surface area contributed by atoms with Crippen molar-refractivity contribution >= 4 is 10.9 Å². The predicted octanol–water partition coefficient (Wildman–Crippen LogP) is 3.95. The first kappa shape index (κ1) is 13.6. The Hall–Kier alpha value is -1.41. The van der Waals surface area contributed by atoms with Crippen molar-refractivity contribution in [3.05, 3.63) is 42.1 Å². The third-order valence-corrected chi connectivity index (χ3v) is 4.68. The standard InChI is InChI=1S/C18H24N2/c1-14(15-6-2-3-7-15)19-13-11-17-9-4-8-16-10-5-12-20-18(16)17/h4-5,8-10,12,14-15,19H,2-3,6-7,11,13H2,1H3. The number of fused-ring (bicyclic) bond motifs is 1. The van der Waals surface area contributed by atoms with Gasteiger partial charge in [0.25, 0.3) is 0 Å². The van der Waals surface area contributed by atoms with Crippen LogP contribution in [0.4, 0.5) is 0 Å². The van der Waals surface area contributed by atoms with Crippen LogP contribution in [0.3, 0.4) is 0 Å². The zero-order valence-electron chi connectivity index (χ0n) is 12.3. The van der Waals surface area contributed by atoms with Gasteiger partial charge in [-0.15, -0.1) is 0 Å². The van der Waals surface area contributed by atoms with Crippen molar-refractivity contribution in [1.82, 2.24) is 10.3 Å². The molecule has 1 aromatic heterocycles. The van der Waals surface area contributed by atoms with Gasteiger partial charge in [-0.3, -0.25) is 4.98 Å². The highest BCUT2D eigenvalue weighted by Gasteiger charge is 2.20. The van der Waals surface area contributed by atoms with Gasteiger partial charge in [-0.1, -0.05) is 37.1 Å². The molecule has 1 N–H and O–H groups in total. The van der Waals surface area contributed by atoms with Gasteiger partial charge in [0.05, 0.1) is 5.52 Å². The maximum atomic E-state index is 4.53. The molecule has 3 rings (SSSR count). The van der Waals surface area contributed by atoms with Crippen molar-refractivity contribution in [3.63, 3.8) is 0 Å². The minimum atomic E-state index is 0.653. The van der Waals surface area contributed by atoms with E-state index in [0.717, 1.165) is 24.4 Å². The maximum Gasteiger partial charge on any atom is 0.0734 e. The van der Waals surface area contributed by atoms with Gasteiger partial charge in [-0.2, -0.15) is 0 Å². The Labute approximate surface area is 121 Å². The fourth-order valence-corrected chi connectivity index (χ4v) is 3.43. The highest BCUT2D eigenvalue weighted by atomic mass is 14.9. The predicted molar refractivity (Wildman–Crippen MR) is 84.9 cm³/mol. The van der Waals surface area contributed by atoms with Crippen molar-refractivity contribution < 1.29 is 0 Å². The largest absolute Gasteiger partial charge is 0.314 e. The fraction of sp³-hybridized carbons (Fsp3) is 0.500. The second kappa shape index (κ2) is 6.36. The quantitative estimate of drug-likeness (QED) is 0.888. The first-order valence-corrected chi connectivity index (χ1v) is 7.90. The second-order valence-electron chi connectivity index (χ2n) is 6.03. The van der Waals surface area contributed by atoms with Gasteiger partial charge < -0.3 is 5.32 Å². The van der Waals surface area contributed by atoms with Crippen LogP contribution in [0, 0.1) is 5.92 Å². The maximum absolute atomic E-state index is 4.53. The molecule has 1 unspecified atom stereocenters. The van der Waals surface area contributed by atoms with Crippen molar-refractivity contribution in [1.29, 1.82) is 0 Å². The molecule has 0 radical (unpaired) electrons. The molecule has 1 atom stereocenters. The second-order valence-corrected chi connectivity index (χ2v) is 6.03. The van der Waals surface area contributed by atoms with Crippen LogP contribution in [0.1, 0.15) is 38.2 Å². The summed E-state index contributed by atoms with van der Waals surface area (Å²) in [6.45, 7) is 3.39. The molecule has 0 amide bonds. The molecule has 0 bridgehead atoms. The molecule has 2 heteroatoms. The Morgan fingerprint density at radius 1 is 1.20 bits per heavy atom. The molecule has 1 fully saturated rings. The number of aromatic nitrogens is 1. The minimum Gasteiger partial charge on any atom is -0.314 e. The fourth-order valence-electron chi connectivity index (χ4n) is 3.43. The van der Waals surface area contributed by atoms with Crippen LogP contribution in [-0.4, -0.2) is 17.6 Å². The number of rotatable bonds is 5. The number of benzene rings is 1. The molecular weight excluding hydrogens is 244 g/mol. The number of para-hydroxylation sites is 1. The molecule has 1 aromatic carbocycles. The van der Waals surface area contributed by atoms with E-state index in [4.69, 9.17) is 0 Å². The van der Waals surface area contributed by atoms with E-state index in [0.29, 0.717) is 6.04 Å². The Morgan fingerprint density at radius 2 is 2.00 bits per heavy atom. The average molecular weight is 268 g/mol. The van der Waals surface area contributed by atoms with Crippen LogP contribution in [0.5, 0.6) is 0 Å². The summed E-state index contributed by atoms with van der Waals surface area (Å²) in [6, 6.07) is 11.3. The summed E-state index contributed by atoms with van der Waals surface area (Å²) < 4.78 is 0. The molecule has 1 saturated carbocycles. The zero-order valence-corrected chi connectivity index (χ0v) is 12.3. The number of nitrogens with zero attached hydrogens (tertiary/aromatic N) is 1. The molecule has 20 heavy (non-hydrogen) atoms. The Morgan fingerprint density at radius 3 is 2.85 bits per heavy atom. The zero-order chi connectivity index (χ0) is 13.8. The summed E-state index contributed by atoms with van der Waals surface area (Å²) >= 11 is 0. The SMILES string of the molecule is CC(NCCc1cccc2cccnc12)C1CCCC1. The van der Waals surface area contributed by atoms with E-state index in [1.807, 2.05) is 12.3 Å². The van der Waals surface area contributed by atoms with Crippen LogP contribution in [0.2, 0.25) is 0 Å². The number of hydrogen-bond donors (Lipinski definition) is 1. The highest BCUT2D eigenvalue weighted by Crippen LogP contribution is 2.27. The first-order chi connectivity index (χ1) is 9.84. The topological polar surface area (TPSA) is 24.9 Å². The normalized spacial score (nSPS) is 17.6. The first-order valence-electron chi connectivity index (χ1n) is 7.90. The molecule has 0 spiro atoms. The third kappa shape index (κ3) is 3.01. The minimum absolute atomic E-state index is 0.653. The Balaban J connectivity index is 1.59. The van der Waals surface area contributed by atoms with E-state index < -0.39 is 0 Å². The van der Waals surface area contributed by atoms with Crippen LogP contribution in [0.15, 0.2) is 36.5 Å². The lowest BCUT2D eigenvalue weighted by molar-refractivity contribution is 0.384. The summed E-state index contributed by atoms with van der Waals surface area (Å²) in [5, 5.41) is 4.95. The molecule has 0 saturated heterocycles. The van der Waals surface area contributed by atoms with Crippen molar-refractivity contribution in [2.75, 3.05) is 6.54 Å². The molecule has 1 heterocycles. The average Bonchev–Trinajstić information content (AvgIpc) is 3.02. The molecule has 2 nitrogen and oxygen atoms in total. The van der Waals surface area contributed by atoms with Crippen molar-refractivity contribution in [2.24, 2.45) is 5.92 Å². The Bertz CT molecular complexity index is 553. The van der Waals surface area contributed by atoms with E-state index in [1.165, 1.54) is 36.6 Å². The van der Waals surface area contributed by atoms with Gasteiger partial charge in [0.1, 0.15) is 0 Å². The van der Waals surface area contributed by atoms with Crippen LogP contribution < -0.4 is 5.32 Å². The highest BCUT2D eigenvalue weighted by molar-refractivity contribution is 5.81. The van der Waals surface area contributed by atoms with E-state index in [-0.39, 0.29) is 0 Å². The van der Waals surface area contributed by atoms with Crippen molar-refractivity contribution in [2.45, 2.75) is 45.1 Å². The number of pyridine rings is 1. The molecular formula is C18H24N2. The smallest absolute Gasteiger partial charge is 0.0734 e. The van der Waals surface area contributed by atoms with E-state index in [1.54, 1.807) is 0 Å². The molecule has 1 aliphatic carbocycles. The van der Waals surface area contributed by atoms with E-state index in [2.05, 4.69) is 41.5 Å². The van der Waals surface area contributed by atoms with Crippen LogP contribution >= 0.6 is 0 Å². The van der Waals surface area contributed by atoms with Crippen molar-refractivity contribution in [3.8, 4) is 0 Å². The van der Waals surface area contributed by atoms with Gasteiger partial charge in [-0.05, 0) is 50.3 Å². The summed E-state index contributed by atoms with van der Waals surface area (Å²) in [5.41, 5.74) is 2.51. The van der Waals surface area contributed by atoms with E-state index >= 15 is 0 Å². The lowest BCUT2D eigenvalue weighted by atomic mass is 9.99. The van der Waals surface area contributed by atoms with Gasteiger partial charge >= 0.3 is 0 Å². The monoisotopic (exact) mass is 268 g/mol. The number of hydrogen-bond acceptors (Lipinski definition) is 2. The molecule has 1 aliphatic rings. The molecule has 0 aliphatic heterocycles. The van der Waals surface area contributed by atoms with Gasteiger partial charge in [0, 0.05) is 17.6 Å². The summed E-state index contributed by atoms with van der Waals surface area (Å²) in [4.78, 5) is 4.53. The lowest BCUT2D eigenvalue weighted by Gasteiger charge is -2.20. The van der Waals surface area contributed by atoms with Crippen LogP contribution in [0.25, 0.3) is 10.9 Å². The molecule has 2 aromatic rings. The molecule has 106 valence electrons. The third-order valence-electron chi connectivity index (χ3n) is 4.68. The summed E-state index contributed by atoms with van der Waals surface area (Å²) in [7, 11) is 0. The Kier molecular flexibility index (Phi) is 4.31. The van der Waals surface area contributed by atoms with Crippen LogP contribution in [-0.2, 0) is 6.42 Å². The van der Waals surface area contributed by atoms with Gasteiger partial charge in [0.15, 0.2) is 0 Å².